The van der Waals surface area contributed by atoms with Gasteiger partial charge in [0.15, 0.2) is 0 Å². The summed E-state index contributed by atoms with van der Waals surface area (Å²) in [6.45, 7) is 4.22. The third-order valence-corrected chi connectivity index (χ3v) is 3.84. The Labute approximate surface area is 126 Å². The second-order valence-electron chi connectivity index (χ2n) is 4.83. The maximum absolute atomic E-state index is 13.4. The van der Waals surface area contributed by atoms with Crippen LogP contribution in [-0.4, -0.2) is 5.91 Å². The van der Waals surface area contributed by atoms with Crippen molar-refractivity contribution in [3.8, 4) is 0 Å². The zero-order valence-corrected chi connectivity index (χ0v) is 12.9. The topological polar surface area (TPSA) is 29.1 Å². The average Bonchev–Trinajstić information content (AvgIpc) is 2.42. The van der Waals surface area contributed by atoms with Crippen LogP contribution >= 0.6 is 15.9 Å². The first kappa shape index (κ1) is 14.7. The van der Waals surface area contributed by atoms with Crippen molar-refractivity contribution in [2.75, 3.05) is 5.32 Å². The van der Waals surface area contributed by atoms with Gasteiger partial charge >= 0.3 is 0 Å². The zero-order chi connectivity index (χ0) is 14.7. The fourth-order valence-electron chi connectivity index (χ4n) is 1.83. The van der Waals surface area contributed by atoms with E-state index in [-0.39, 0.29) is 15.9 Å². The number of hydrogen-bond donors (Lipinski definition) is 1. The second-order valence-corrected chi connectivity index (χ2v) is 5.63. The number of carbonyl (C=O) groups excluding carboxylic acids is 1. The van der Waals surface area contributed by atoms with Crippen LogP contribution in [0.15, 0.2) is 46.9 Å². The van der Waals surface area contributed by atoms with Crippen molar-refractivity contribution >= 4 is 27.5 Å². The highest BCUT2D eigenvalue weighted by molar-refractivity contribution is 9.10. The van der Waals surface area contributed by atoms with Gasteiger partial charge in [-0.15, -0.1) is 0 Å². The summed E-state index contributed by atoms with van der Waals surface area (Å²) in [5.74, 6) is -0.349. The highest BCUT2D eigenvalue weighted by atomic mass is 79.9. The van der Waals surface area contributed by atoms with Gasteiger partial charge in [-0.1, -0.05) is 32.0 Å². The van der Waals surface area contributed by atoms with Gasteiger partial charge in [0.2, 0.25) is 0 Å². The molecule has 0 fully saturated rings. The Morgan fingerprint density at radius 3 is 2.40 bits per heavy atom. The number of hydrogen-bond acceptors (Lipinski definition) is 1. The quantitative estimate of drug-likeness (QED) is 0.843. The van der Waals surface area contributed by atoms with Crippen LogP contribution in [0, 0.1) is 5.82 Å². The maximum Gasteiger partial charge on any atom is 0.256 e. The van der Waals surface area contributed by atoms with Crippen molar-refractivity contribution in [3.05, 3.63) is 63.9 Å². The molecule has 0 aliphatic heterocycles. The van der Waals surface area contributed by atoms with Gasteiger partial charge in [-0.2, -0.15) is 0 Å². The van der Waals surface area contributed by atoms with E-state index in [2.05, 4.69) is 35.1 Å². The summed E-state index contributed by atoms with van der Waals surface area (Å²) in [5, 5.41) is 2.76. The van der Waals surface area contributed by atoms with Crippen LogP contribution in [-0.2, 0) is 0 Å². The smallest absolute Gasteiger partial charge is 0.256 e. The van der Waals surface area contributed by atoms with Crippen LogP contribution < -0.4 is 5.32 Å². The lowest BCUT2D eigenvalue weighted by atomic mass is 10.0. The van der Waals surface area contributed by atoms with Crippen LogP contribution in [0.25, 0.3) is 0 Å². The molecule has 2 aromatic carbocycles. The molecule has 2 nitrogen and oxygen atoms in total. The number of nitrogens with one attached hydrogen (secondary N) is 1. The molecule has 0 bridgehead atoms. The number of benzene rings is 2. The first-order valence-electron chi connectivity index (χ1n) is 6.34. The second kappa shape index (κ2) is 6.18. The van der Waals surface area contributed by atoms with E-state index in [1.165, 1.54) is 17.7 Å². The standard InChI is InChI=1S/C16H15BrFNO/c1-10(2)11-6-8-12(9-7-11)19-16(20)13-4-3-5-14(18)15(13)17/h3-10H,1-2H3,(H,19,20). The zero-order valence-electron chi connectivity index (χ0n) is 11.3. The predicted octanol–water partition coefficient (Wildman–Crippen LogP) is 4.96. The molecular formula is C16H15BrFNO. The van der Waals surface area contributed by atoms with E-state index in [1.807, 2.05) is 24.3 Å². The van der Waals surface area contributed by atoms with Crippen LogP contribution in [0.3, 0.4) is 0 Å². The summed E-state index contributed by atoms with van der Waals surface area (Å²) in [5.41, 5.74) is 2.17. The molecule has 104 valence electrons. The maximum atomic E-state index is 13.4. The Morgan fingerprint density at radius 1 is 1.15 bits per heavy atom. The molecule has 1 amide bonds. The number of halogens is 2. The Bertz CT molecular complexity index is 623. The molecule has 2 aromatic rings. The Kier molecular flexibility index (Phi) is 4.55. The first-order chi connectivity index (χ1) is 9.49. The third-order valence-electron chi connectivity index (χ3n) is 3.03. The Balaban J connectivity index is 2.17. The van der Waals surface area contributed by atoms with Gasteiger partial charge in [0, 0.05) is 5.69 Å². The summed E-state index contributed by atoms with van der Waals surface area (Å²) in [6, 6.07) is 12.0. The van der Waals surface area contributed by atoms with Gasteiger partial charge < -0.3 is 5.32 Å². The van der Waals surface area contributed by atoms with Crippen molar-refractivity contribution in [2.24, 2.45) is 0 Å². The normalized spacial score (nSPS) is 10.7. The van der Waals surface area contributed by atoms with E-state index < -0.39 is 5.82 Å². The van der Waals surface area contributed by atoms with Crippen molar-refractivity contribution in [2.45, 2.75) is 19.8 Å². The van der Waals surface area contributed by atoms with E-state index in [0.29, 0.717) is 11.6 Å². The summed E-state index contributed by atoms with van der Waals surface area (Å²) in [4.78, 5) is 12.1. The van der Waals surface area contributed by atoms with E-state index in [4.69, 9.17) is 0 Å². The van der Waals surface area contributed by atoms with E-state index in [0.717, 1.165) is 0 Å². The third kappa shape index (κ3) is 3.25. The lowest BCUT2D eigenvalue weighted by Crippen LogP contribution is -2.13. The number of amides is 1. The van der Waals surface area contributed by atoms with Gasteiger partial charge in [-0.25, -0.2) is 4.39 Å². The minimum atomic E-state index is -0.451. The van der Waals surface area contributed by atoms with E-state index >= 15 is 0 Å². The summed E-state index contributed by atoms with van der Waals surface area (Å²) >= 11 is 3.09. The van der Waals surface area contributed by atoms with E-state index in [9.17, 15) is 9.18 Å². The number of anilines is 1. The molecule has 4 heteroatoms. The van der Waals surface area contributed by atoms with E-state index in [1.54, 1.807) is 6.07 Å². The molecule has 0 spiro atoms. The van der Waals surface area contributed by atoms with Gasteiger partial charge in [0.1, 0.15) is 5.82 Å². The Hall–Kier alpha value is -1.68. The highest BCUT2D eigenvalue weighted by Crippen LogP contribution is 2.22. The molecule has 0 unspecified atom stereocenters. The SMILES string of the molecule is CC(C)c1ccc(NC(=O)c2cccc(F)c2Br)cc1. The summed E-state index contributed by atoms with van der Waals surface area (Å²) in [7, 11) is 0. The molecule has 0 saturated carbocycles. The molecule has 0 saturated heterocycles. The van der Waals surface area contributed by atoms with Crippen molar-refractivity contribution in [3.63, 3.8) is 0 Å². The van der Waals surface area contributed by atoms with Gasteiger partial charge in [0.25, 0.3) is 5.91 Å². The van der Waals surface area contributed by atoms with Crippen molar-refractivity contribution in [1.82, 2.24) is 0 Å². The summed E-state index contributed by atoms with van der Waals surface area (Å²) in [6.07, 6.45) is 0. The largest absolute Gasteiger partial charge is 0.322 e. The van der Waals surface area contributed by atoms with Crippen LogP contribution in [0.1, 0.15) is 35.7 Å². The molecule has 0 atom stereocenters. The number of carbonyl (C=O) groups is 1. The molecule has 0 aliphatic rings. The monoisotopic (exact) mass is 335 g/mol. The Morgan fingerprint density at radius 2 is 1.80 bits per heavy atom. The fraction of sp³-hybridized carbons (Fsp3) is 0.188. The molecular weight excluding hydrogens is 321 g/mol. The van der Waals surface area contributed by atoms with Gasteiger partial charge in [-0.3, -0.25) is 4.79 Å². The van der Waals surface area contributed by atoms with Gasteiger partial charge in [-0.05, 0) is 51.7 Å². The minimum absolute atomic E-state index is 0.177. The van der Waals surface area contributed by atoms with Gasteiger partial charge in [0.05, 0.1) is 10.0 Å². The fourth-order valence-corrected chi connectivity index (χ4v) is 2.27. The molecule has 0 aliphatic carbocycles. The molecule has 0 radical (unpaired) electrons. The summed E-state index contributed by atoms with van der Waals surface area (Å²) < 4.78 is 13.6. The van der Waals surface area contributed by atoms with Crippen LogP contribution in [0.5, 0.6) is 0 Å². The number of rotatable bonds is 3. The highest BCUT2D eigenvalue weighted by Gasteiger charge is 2.13. The van der Waals surface area contributed by atoms with Crippen molar-refractivity contribution < 1.29 is 9.18 Å². The molecule has 1 N–H and O–H groups in total. The van der Waals surface area contributed by atoms with Crippen molar-refractivity contribution in [1.29, 1.82) is 0 Å². The lowest BCUT2D eigenvalue weighted by molar-refractivity contribution is 0.102. The molecule has 2 rings (SSSR count). The average molecular weight is 336 g/mol. The predicted molar refractivity (Wildman–Crippen MR) is 82.6 cm³/mol. The molecule has 20 heavy (non-hydrogen) atoms. The first-order valence-corrected chi connectivity index (χ1v) is 7.13. The lowest BCUT2D eigenvalue weighted by Gasteiger charge is -2.09. The molecule has 0 aromatic heterocycles. The molecule has 0 heterocycles. The van der Waals surface area contributed by atoms with Crippen LogP contribution in [0.4, 0.5) is 10.1 Å². The van der Waals surface area contributed by atoms with Crippen LogP contribution in [0.2, 0.25) is 0 Å². The minimum Gasteiger partial charge on any atom is -0.322 e.